The predicted octanol–water partition coefficient (Wildman–Crippen LogP) is 4.39. The molecule has 1 unspecified atom stereocenters. The van der Waals surface area contributed by atoms with Gasteiger partial charge in [-0.15, -0.1) is 0 Å². The number of hydrogen-bond donors (Lipinski definition) is 1. The first-order valence-corrected chi connectivity index (χ1v) is 10.4. The summed E-state index contributed by atoms with van der Waals surface area (Å²) in [6.45, 7) is 12.0. The number of carbonyl (C=O) groups is 2. The summed E-state index contributed by atoms with van der Waals surface area (Å²) in [5.41, 5.74) is 3.27. The third-order valence-corrected chi connectivity index (χ3v) is 5.16. The van der Waals surface area contributed by atoms with Crippen LogP contribution in [-0.4, -0.2) is 42.1 Å². The summed E-state index contributed by atoms with van der Waals surface area (Å²) < 4.78 is 5.48. The highest BCUT2D eigenvalue weighted by Crippen LogP contribution is 2.21. The molecule has 0 aliphatic carbocycles. The number of rotatable bonds is 6. The number of piperidine rings is 1. The van der Waals surface area contributed by atoms with Crippen molar-refractivity contribution in [1.29, 1.82) is 0 Å². The third kappa shape index (κ3) is 7.53. The Morgan fingerprint density at radius 3 is 2.68 bits per heavy atom. The highest BCUT2D eigenvalue weighted by Gasteiger charge is 2.27. The minimum absolute atomic E-state index is 0.0970. The van der Waals surface area contributed by atoms with Gasteiger partial charge < -0.3 is 15.0 Å². The smallest absolute Gasteiger partial charge is 0.410 e. The normalized spacial score (nSPS) is 17.3. The fourth-order valence-electron chi connectivity index (χ4n) is 3.67. The van der Waals surface area contributed by atoms with E-state index in [0.717, 1.165) is 32.2 Å². The second-order valence-electron chi connectivity index (χ2n) is 9.00. The lowest BCUT2D eigenvalue weighted by Crippen LogP contribution is -2.43. The van der Waals surface area contributed by atoms with Crippen molar-refractivity contribution >= 4 is 12.0 Å². The zero-order valence-corrected chi connectivity index (χ0v) is 18.1. The molecule has 1 aliphatic heterocycles. The van der Waals surface area contributed by atoms with Gasteiger partial charge in [0.25, 0.3) is 0 Å². The van der Waals surface area contributed by atoms with Crippen molar-refractivity contribution in [2.45, 2.75) is 72.3 Å². The van der Waals surface area contributed by atoms with Gasteiger partial charge >= 0.3 is 6.09 Å². The summed E-state index contributed by atoms with van der Waals surface area (Å²) in [5, 5.41) is 3.04. The van der Waals surface area contributed by atoms with Gasteiger partial charge in [-0.2, -0.15) is 0 Å². The van der Waals surface area contributed by atoms with Crippen molar-refractivity contribution in [3.63, 3.8) is 0 Å². The Balaban J connectivity index is 1.69. The fourth-order valence-corrected chi connectivity index (χ4v) is 3.67. The molecule has 2 amide bonds. The van der Waals surface area contributed by atoms with Crippen LogP contribution in [0.25, 0.3) is 0 Å². The van der Waals surface area contributed by atoms with E-state index in [-0.39, 0.29) is 12.0 Å². The van der Waals surface area contributed by atoms with E-state index in [4.69, 9.17) is 4.74 Å². The number of aryl methyl sites for hydroxylation is 3. The van der Waals surface area contributed by atoms with Crippen LogP contribution in [0.2, 0.25) is 0 Å². The fraction of sp³-hybridized carbons (Fsp3) is 0.652. The van der Waals surface area contributed by atoms with Crippen molar-refractivity contribution in [3.05, 3.63) is 34.9 Å². The minimum Gasteiger partial charge on any atom is -0.444 e. The Hall–Kier alpha value is -2.04. The molecule has 0 spiro atoms. The number of carbonyl (C=O) groups excluding carboxylic acids is 2. The van der Waals surface area contributed by atoms with E-state index in [1.165, 1.54) is 16.7 Å². The van der Waals surface area contributed by atoms with Crippen molar-refractivity contribution < 1.29 is 14.3 Å². The van der Waals surface area contributed by atoms with E-state index < -0.39 is 5.60 Å². The second kappa shape index (κ2) is 9.94. The summed E-state index contributed by atoms with van der Waals surface area (Å²) >= 11 is 0. The number of ether oxygens (including phenoxy) is 1. The Labute approximate surface area is 169 Å². The molecule has 0 radical (unpaired) electrons. The van der Waals surface area contributed by atoms with Crippen molar-refractivity contribution in [2.75, 3.05) is 19.6 Å². The molecule has 1 atom stereocenters. The van der Waals surface area contributed by atoms with Gasteiger partial charge in [0.1, 0.15) is 5.60 Å². The third-order valence-electron chi connectivity index (χ3n) is 5.16. The van der Waals surface area contributed by atoms with Crippen molar-refractivity contribution in [1.82, 2.24) is 10.2 Å². The van der Waals surface area contributed by atoms with E-state index >= 15 is 0 Å². The summed E-state index contributed by atoms with van der Waals surface area (Å²) in [6, 6.07) is 6.37. The Morgan fingerprint density at radius 1 is 1.25 bits per heavy atom. The molecule has 28 heavy (non-hydrogen) atoms. The quantitative estimate of drug-likeness (QED) is 0.786. The second-order valence-corrected chi connectivity index (χ2v) is 9.00. The number of amides is 2. The summed E-state index contributed by atoms with van der Waals surface area (Å²) in [6.07, 6.45) is 4.04. The van der Waals surface area contributed by atoms with Crippen LogP contribution in [0.1, 0.15) is 63.1 Å². The molecule has 1 aliphatic rings. The maximum Gasteiger partial charge on any atom is 0.410 e. The van der Waals surface area contributed by atoms with Crippen LogP contribution in [-0.2, 0) is 16.0 Å². The summed E-state index contributed by atoms with van der Waals surface area (Å²) in [7, 11) is 0. The molecular weight excluding hydrogens is 352 g/mol. The van der Waals surface area contributed by atoms with Gasteiger partial charge in [0, 0.05) is 26.1 Å². The Bertz CT molecular complexity index is 679. The molecule has 5 nitrogen and oxygen atoms in total. The van der Waals surface area contributed by atoms with Crippen molar-refractivity contribution in [3.8, 4) is 0 Å². The van der Waals surface area contributed by atoms with Crippen LogP contribution in [0.15, 0.2) is 18.2 Å². The Morgan fingerprint density at radius 2 is 2.00 bits per heavy atom. The molecule has 2 rings (SSSR count). The summed E-state index contributed by atoms with van der Waals surface area (Å²) in [5.74, 6) is 0.515. The number of nitrogens with one attached hydrogen (secondary N) is 1. The average Bonchev–Trinajstić information content (AvgIpc) is 2.60. The number of likely N-dealkylation sites (tertiary alicyclic amines) is 1. The van der Waals surface area contributed by atoms with Gasteiger partial charge in [-0.3, -0.25) is 4.79 Å². The minimum atomic E-state index is -0.464. The molecule has 1 fully saturated rings. The SMILES string of the molecule is Cc1ccc(CCC(=O)NCCC2CCCN(C(=O)OC(C)(C)C)C2)c(C)c1. The highest BCUT2D eigenvalue weighted by molar-refractivity contribution is 5.76. The Kier molecular flexibility index (Phi) is 7.90. The molecule has 1 aromatic carbocycles. The molecule has 0 aromatic heterocycles. The molecule has 5 heteroatoms. The van der Waals surface area contributed by atoms with Crippen LogP contribution in [0.4, 0.5) is 4.79 Å². The molecule has 156 valence electrons. The van der Waals surface area contributed by atoms with Crippen LogP contribution < -0.4 is 5.32 Å². The van der Waals surface area contributed by atoms with Gasteiger partial charge in [0.15, 0.2) is 0 Å². The monoisotopic (exact) mass is 388 g/mol. The van der Waals surface area contributed by atoms with Gasteiger partial charge in [0.05, 0.1) is 0 Å². The van der Waals surface area contributed by atoms with Gasteiger partial charge in [0.2, 0.25) is 5.91 Å². The van der Waals surface area contributed by atoms with E-state index in [1.54, 1.807) is 4.90 Å². The van der Waals surface area contributed by atoms with Gasteiger partial charge in [-0.1, -0.05) is 23.8 Å². The average molecular weight is 389 g/mol. The van der Waals surface area contributed by atoms with Crippen molar-refractivity contribution in [2.24, 2.45) is 5.92 Å². The largest absolute Gasteiger partial charge is 0.444 e. The maximum absolute atomic E-state index is 12.2. The predicted molar refractivity (Wildman–Crippen MR) is 112 cm³/mol. The molecule has 1 aromatic rings. The lowest BCUT2D eigenvalue weighted by atomic mass is 9.95. The van der Waals surface area contributed by atoms with Crippen LogP contribution in [0, 0.1) is 19.8 Å². The van der Waals surface area contributed by atoms with E-state index in [9.17, 15) is 9.59 Å². The number of nitrogens with zero attached hydrogens (tertiary/aromatic N) is 1. The molecule has 1 heterocycles. The van der Waals surface area contributed by atoms with Crippen LogP contribution in [0.3, 0.4) is 0 Å². The molecular formula is C23H36N2O3. The lowest BCUT2D eigenvalue weighted by molar-refractivity contribution is -0.121. The van der Waals surface area contributed by atoms with Gasteiger partial charge in [-0.25, -0.2) is 4.79 Å². The molecule has 0 saturated carbocycles. The van der Waals surface area contributed by atoms with E-state index in [0.29, 0.717) is 25.4 Å². The topological polar surface area (TPSA) is 58.6 Å². The van der Waals surface area contributed by atoms with Crippen LogP contribution >= 0.6 is 0 Å². The number of benzene rings is 1. The molecule has 1 N–H and O–H groups in total. The first-order chi connectivity index (χ1) is 13.1. The highest BCUT2D eigenvalue weighted by atomic mass is 16.6. The van der Waals surface area contributed by atoms with Crippen LogP contribution in [0.5, 0.6) is 0 Å². The molecule has 0 bridgehead atoms. The first-order valence-electron chi connectivity index (χ1n) is 10.4. The standard InChI is InChI=1S/C23H36N2O3/c1-17-8-9-20(18(2)15-17)10-11-21(26)24-13-12-19-7-6-14-25(16-19)22(27)28-23(3,4)5/h8-9,15,19H,6-7,10-14,16H2,1-5H3,(H,24,26). The van der Waals surface area contributed by atoms with Gasteiger partial charge in [-0.05, 0) is 77.3 Å². The zero-order valence-electron chi connectivity index (χ0n) is 18.1. The van der Waals surface area contributed by atoms with E-state index in [1.807, 2.05) is 20.8 Å². The molecule has 1 saturated heterocycles. The van der Waals surface area contributed by atoms with E-state index in [2.05, 4.69) is 37.4 Å². The number of hydrogen-bond acceptors (Lipinski definition) is 3. The first kappa shape index (κ1) is 22.3. The summed E-state index contributed by atoms with van der Waals surface area (Å²) in [4.78, 5) is 26.2. The lowest BCUT2D eigenvalue weighted by Gasteiger charge is -2.34. The zero-order chi connectivity index (χ0) is 20.7. The maximum atomic E-state index is 12.2.